The second-order valence-electron chi connectivity index (χ2n) is 8.20. The van der Waals surface area contributed by atoms with E-state index in [-0.39, 0.29) is 18.6 Å². The van der Waals surface area contributed by atoms with Crippen LogP contribution in [0.5, 0.6) is 11.5 Å². The van der Waals surface area contributed by atoms with Crippen molar-refractivity contribution in [1.82, 2.24) is 4.90 Å². The van der Waals surface area contributed by atoms with Gasteiger partial charge < -0.3 is 14.4 Å². The summed E-state index contributed by atoms with van der Waals surface area (Å²) in [5, 5.41) is 0. The summed E-state index contributed by atoms with van der Waals surface area (Å²) in [5.41, 5.74) is 3.66. The summed E-state index contributed by atoms with van der Waals surface area (Å²) in [6, 6.07) is 14.5. The summed E-state index contributed by atoms with van der Waals surface area (Å²) < 4.78 is 12.6. The SMILES string of the molecule is Cc1cccc(C)c1OC1CCN(C(=O)COc2ccc(C3SCCCS3)cc2)CC1. The zero-order valence-electron chi connectivity index (χ0n) is 18.3. The molecule has 2 aliphatic rings. The topological polar surface area (TPSA) is 38.8 Å². The molecule has 0 aromatic heterocycles. The molecule has 0 radical (unpaired) electrons. The van der Waals surface area contributed by atoms with Gasteiger partial charge in [-0.3, -0.25) is 4.79 Å². The summed E-state index contributed by atoms with van der Waals surface area (Å²) in [7, 11) is 0. The maximum atomic E-state index is 12.6. The Morgan fingerprint density at radius 2 is 1.65 bits per heavy atom. The molecule has 0 saturated carbocycles. The summed E-state index contributed by atoms with van der Waals surface area (Å²) >= 11 is 4.02. The van der Waals surface area contributed by atoms with Crippen LogP contribution in [0.3, 0.4) is 0 Å². The van der Waals surface area contributed by atoms with Crippen molar-refractivity contribution in [1.29, 1.82) is 0 Å². The number of thioether (sulfide) groups is 2. The van der Waals surface area contributed by atoms with Gasteiger partial charge in [0.25, 0.3) is 5.91 Å². The van der Waals surface area contributed by atoms with Gasteiger partial charge >= 0.3 is 0 Å². The molecular weight excluding hydrogens is 426 g/mol. The van der Waals surface area contributed by atoms with Crippen LogP contribution in [-0.2, 0) is 4.79 Å². The van der Waals surface area contributed by atoms with Gasteiger partial charge in [0.05, 0.1) is 4.58 Å². The lowest BCUT2D eigenvalue weighted by Gasteiger charge is -2.32. The quantitative estimate of drug-likeness (QED) is 0.563. The average Bonchev–Trinajstić information content (AvgIpc) is 2.81. The van der Waals surface area contributed by atoms with Crippen molar-refractivity contribution in [3.63, 3.8) is 0 Å². The van der Waals surface area contributed by atoms with Gasteiger partial charge in [-0.15, -0.1) is 23.5 Å². The van der Waals surface area contributed by atoms with Gasteiger partial charge in [-0.05, 0) is 60.6 Å². The Labute approximate surface area is 194 Å². The molecule has 2 saturated heterocycles. The van der Waals surface area contributed by atoms with Crippen molar-refractivity contribution >= 4 is 29.4 Å². The van der Waals surface area contributed by atoms with Crippen LogP contribution in [0.25, 0.3) is 0 Å². The lowest BCUT2D eigenvalue weighted by Crippen LogP contribution is -2.43. The molecule has 0 spiro atoms. The molecule has 2 aromatic carbocycles. The summed E-state index contributed by atoms with van der Waals surface area (Å²) in [4.78, 5) is 14.5. The number of hydrogen-bond donors (Lipinski definition) is 0. The van der Waals surface area contributed by atoms with Crippen molar-refractivity contribution in [2.24, 2.45) is 0 Å². The Morgan fingerprint density at radius 1 is 1.00 bits per heavy atom. The highest BCUT2D eigenvalue weighted by atomic mass is 32.2. The van der Waals surface area contributed by atoms with Crippen molar-refractivity contribution in [3.05, 3.63) is 59.2 Å². The fraction of sp³-hybridized carbons (Fsp3) is 0.480. The lowest BCUT2D eigenvalue weighted by atomic mass is 10.1. The number of aryl methyl sites for hydroxylation is 2. The van der Waals surface area contributed by atoms with Crippen molar-refractivity contribution in [3.8, 4) is 11.5 Å². The molecule has 4 nitrogen and oxygen atoms in total. The molecule has 166 valence electrons. The summed E-state index contributed by atoms with van der Waals surface area (Å²) in [6.45, 7) is 5.68. The predicted octanol–water partition coefficient (Wildman–Crippen LogP) is 5.62. The first-order valence-corrected chi connectivity index (χ1v) is 13.2. The van der Waals surface area contributed by atoms with Gasteiger partial charge in [0.1, 0.15) is 17.6 Å². The van der Waals surface area contributed by atoms with E-state index in [1.807, 2.05) is 40.6 Å². The highest BCUT2D eigenvalue weighted by Crippen LogP contribution is 2.43. The van der Waals surface area contributed by atoms with Crippen LogP contribution in [0.2, 0.25) is 0 Å². The van der Waals surface area contributed by atoms with E-state index in [2.05, 4.69) is 44.2 Å². The third-order valence-corrected chi connectivity index (χ3v) is 8.84. The first-order valence-electron chi connectivity index (χ1n) is 11.1. The maximum Gasteiger partial charge on any atom is 0.260 e. The van der Waals surface area contributed by atoms with Crippen LogP contribution in [0, 0.1) is 13.8 Å². The third kappa shape index (κ3) is 5.92. The monoisotopic (exact) mass is 457 g/mol. The molecule has 0 atom stereocenters. The first kappa shape index (κ1) is 22.4. The molecule has 2 aliphatic heterocycles. The molecule has 0 N–H and O–H groups in total. The Kier molecular flexibility index (Phi) is 7.72. The highest BCUT2D eigenvalue weighted by molar-refractivity contribution is 8.16. The number of likely N-dealkylation sites (tertiary alicyclic amines) is 1. The molecule has 4 rings (SSSR count). The lowest BCUT2D eigenvalue weighted by molar-refractivity contribution is -0.135. The fourth-order valence-corrected chi connectivity index (χ4v) is 6.91. The summed E-state index contributed by atoms with van der Waals surface area (Å²) in [6.07, 6.45) is 3.16. The number of ether oxygens (including phenoxy) is 2. The van der Waals surface area contributed by atoms with Crippen molar-refractivity contribution < 1.29 is 14.3 Å². The number of carbonyl (C=O) groups is 1. The molecule has 6 heteroatoms. The third-order valence-electron chi connectivity index (χ3n) is 5.83. The number of nitrogens with zero attached hydrogens (tertiary/aromatic N) is 1. The van der Waals surface area contributed by atoms with Crippen molar-refractivity contribution in [2.45, 2.75) is 43.8 Å². The minimum absolute atomic E-state index is 0.0491. The Hall–Kier alpha value is -1.79. The standard InChI is InChI=1S/C25H31NO3S2/c1-18-5-3-6-19(2)24(18)29-22-11-13-26(14-12-22)23(27)17-28-21-9-7-20(8-10-21)25-30-15-4-16-31-25/h3,5-10,22,25H,4,11-17H2,1-2H3. The number of para-hydroxylation sites is 1. The number of hydrogen-bond acceptors (Lipinski definition) is 5. The van der Waals surface area contributed by atoms with E-state index in [0.29, 0.717) is 17.7 Å². The smallest absolute Gasteiger partial charge is 0.260 e. The largest absolute Gasteiger partial charge is 0.490 e. The number of piperidine rings is 1. The zero-order chi connectivity index (χ0) is 21.6. The second-order valence-corrected chi connectivity index (χ2v) is 10.9. The molecule has 0 aliphatic carbocycles. The Balaban J connectivity index is 1.22. The Morgan fingerprint density at radius 3 is 2.29 bits per heavy atom. The van der Waals surface area contributed by atoms with E-state index in [4.69, 9.17) is 9.47 Å². The van der Waals surface area contributed by atoms with E-state index in [0.717, 1.165) is 24.3 Å². The van der Waals surface area contributed by atoms with Gasteiger partial charge in [0.2, 0.25) is 0 Å². The predicted molar refractivity (Wildman–Crippen MR) is 130 cm³/mol. The molecular formula is C25H31NO3S2. The van der Waals surface area contributed by atoms with Gasteiger partial charge in [0, 0.05) is 25.9 Å². The van der Waals surface area contributed by atoms with Gasteiger partial charge in [0.15, 0.2) is 6.61 Å². The minimum atomic E-state index is 0.0491. The molecule has 0 bridgehead atoms. The normalized spacial score (nSPS) is 18.1. The van der Waals surface area contributed by atoms with Crippen molar-refractivity contribution in [2.75, 3.05) is 31.2 Å². The van der Waals surface area contributed by atoms with Crippen LogP contribution < -0.4 is 9.47 Å². The first-order chi connectivity index (χ1) is 15.1. The minimum Gasteiger partial charge on any atom is -0.490 e. The van der Waals surface area contributed by atoms with Gasteiger partial charge in [-0.2, -0.15) is 0 Å². The van der Waals surface area contributed by atoms with E-state index in [9.17, 15) is 4.79 Å². The van der Waals surface area contributed by atoms with Crippen LogP contribution >= 0.6 is 23.5 Å². The van der Waals surface area contributed by atoms with Crippen LogP contribution in [0.15, 0.2) is 42.5 Å². The average molecular weight is 458 g/mol. The van der Waals surface area contributed by atoms with E-state index in [1.54, 1.807) is 0 Å². The van der Waals surface area contributed by atoms with E-state index in [1.165, 1.54) is 34.6 Å². The Bertz CT molecular complexity index is 853. The number of carbonyl (C=O) groups excluding carboxylic acids is 1. The number of rotatable bonds is 6. The molecule has 2 aromatic rings. The van der Waals surface area contributed by atoms with Crippen LogP contribution in [-0.4, -0.2) is 48.1 Å². The van der Waals surface area contributed by atoms with E-state index >= 15 is 0 Å². The fourth-order valence-electron chi connectivity index (χ4n) is 4.01. The molecule has 2 heterocycles. The van der Waals surface area contributed by atoms with Crippen LogP contribution in [0.4, 0.5) is 0 Å². The number of benzene rings is 2. The van der Waals surface area contributed by atoms with E-state index < -0.39 is 0 Å². The molecule has 0 unspecified atom stereocenters. The second kappa shape index (κ2) is 10.7. The number of amides is 1. The molecule has 31 heavy (non-hydrogen) atoms. The van der Waals surface area contributed by atoms with Gasteiger partial charge in [-0.25, -0.2) is 0 Å². The molecule has 1 amide bonds. The van der Waals surface area contributed by atoms with Gasteiger partial charge in [-0.1, -0.05) is 30.3 Å². The molecule has 2 fully saturated rings. The maximum absolute atomic E-state index is 12.6. The van der Waals surface area contributed by atoms with Crippen LogP contribution in [0.1, 0.15) is 40.5 Å². The highest BCUT2D eigenvalue weighted by Gasteiger charge is 2.25. The zero-order valence-corrected chi connectivity index (χ0v) is 20.0. The summed E-state index contributed by atoms with van der Waals surface area (Å²) in [5.74, 6) is 4.26.